The van der Waals surface area contributed by atoms with Gasteiger partial charge in [-0.3, -0.25) is 0 Å². The first-order valence-electron chi connectivity index (χ1n) is 3.22. The predicted octanol–water partition coefficient (Wildman–Crippen LogP) is 1.95. The van der Waals surface area contributed by atoms with Gasteiger partial charge in [0.25, 0.3) is 0 Å². The van der Waals surface area contributed by atoms with E-state index in [1.165, 1.54) is 0 Å². The minimum atomic E-state index is 0.914. The summed E-state index contributed by atoms with van der Waals surface area (Å²) in [7, 11) is 0. The standard InChI is InChI=1S/C7H9IN2/c1-3-7-9-5(2)4-6(8)10-7/h4H,3H2,1-2H3. The first kappa shape index (κ1) is 7.91. The Bertz CT molecular complexity index is 215. The highest BCUT2D eigenvalue weighted by atomic mass is 127. The van der Waals surface area contributed by atoms with Crippen molar-refractivity contribution in [2.75, 3.05) is 0 Å². The average Bonchev–Trinajstić information content (AvgIpc) is 1.85. The van der Waals surface area contributed by atoms with Crippen molar-refractivity contribution < 1.29 is 0 Å². The van der Waals surface area contributed by atoms with E-state index in [4.69, 9.17) is 0 Å². The van der Waals surface area contributed by atoms with E-state index in [0.29, 0.717) is 0 Å². The molecule has 0 aliphatic carbocycles. The molecule has 0 amide bonds. The van der Waals surface area contributed by atoms with E-state index in [9.17, 15) is 0 Å². The molecule has 0 N–H and O–H groups in total. The Balaban J connectivity index is 3.06. The Morgan fingerprint density at radius 2 is 2.20 bits per heavy atom. The van der Waals surface area contributed by atoms with Crippen LogP contribution in [-0.2, 0) is 6.42 Å². The third kappa shape index (κ3) is 1.90. The molecule has 1 aromatic heterocycles. The number of hydrogen-bond acceptors (Lipinski definition) is 2. The molecule has 0 aromatic carbocycles. The van der Waals surface area contributed by atoms with Gasteiger partial charge < -0.3 is 0 Å². The molecule has 0 radical (unpaired) electrons. The smallest absolute Gasteiger partial charge is 0.129 e. The van der Waals surface area contributed by atoms with Crippen molar-refractivity contribution in [3.63, 3.8) is 0 Å². The minimum absolute atomic E-state index is 0.914. The first-order chi connectivity index (χ1) is 4.72. The molecule has 0 aliphatic heterocycles. The van der Waals surface area contributed by atoms with Crippen LogP contribution in [0, 0.1) is 10.6 Å². The van der Waals surface area contributed by atoms with E-state index in [-0.39, 0.29) is 0 Å². The Morgan fingerprint density at radius 3 is 2.70 bits per heavy atom. The van der Waals surface area contributed by atoms with Gasteiger partial charge in [0.1, 0.15) is 9.53 Å². The maximum Gasteiger partial charge on any atom is 0.129 e. The number of aromatic nitrogens is 2. The molecule has 0 unspecified atom stereocenters. The fourth-order valence-electron chi connectivity index (χ4n) is 0.747. The van der Waals surface area contributed by atoms with Gasteiger partial charge in [-0.2, -0.15) is 0 Å². The summed E-state index contributed by atoms with van der Waals surface area (Å²) in [5.41, 5.74) is 1.05. The molecule has 0 saturated heterocycles. The molecule has 0 aliphatic rings. The van der Waals surface area contributed by atoms with Gasteiger partial charge in [-0.15, -0.1) is 0 Å². The topological polar surface area (TPSA) is 25.8 Å². The predicted molar refractivity (Wildman–Crippen MR) is 48.9 cm³/mol. The van der Waals surface area contributed by atoms with Crippen molar-refractivity contribution in [2.24, 2.45) is 0 Å². The Kier molecular flexibility index (Phi) is 2.59. The van der Waals surface area contributed by atoms with E-state index in [1.54, 1.807) is 0 Å². The number of rotatable bonds is 1. The summed E-state index contributed by atoms with van der Waals surface area (Å²) in [5.74, 6) is 0.935. The van der Waals surface area contributed by atoms with Crippen LogP contribution >= 0.6 is 22.6 Å². The maximum absolute atomic E-state index is 4.24. The molecule has 0 spiro atoms. The summed E-state index contributed by atoms with van der Waals surface area (Å²) in [4.78, 5) is 8.46. The lowest BCUT2D eigenvalue weighted by atomic mass is 10.4. The molecule has 1 heterocycles. The molecule has 54 valence electrons. The van der Waals surface area contributed by atoms with Gasteiger partial charge in [0.15, 0.2) is 0 Å². The third-order valence-corrected chi connectivity index (χ3v) is 1.74. The third-order valence-electron chi connectivity index (χ3n) is 1.19. The molecule has 10 heavy (non-hydrogen) atoms. The van der Waals surface area contributed by atoms with Crippen LogP contribution in [0.2, 0.25) is 0 Å². The maximum atomic E-state index is 4.24. The zero-order valence-electron chi connectivity index (χ0n) is 6.06. The SMILES string of the molecule is CCc1nc(C)cc(I)n1. The molecule has 3 heteroatoms. The van der Waals surface area contributed by atoms with Crippen molar-refractivity contribution in [1.82, 2.24) is 9.97 Å². The second-order valence-corrected chi connectivity index (χ2v) is 3.21. The van der Waals surface area contributed by atoms with Crippen LogP contribution in [0.3, 0.4) is 0 Å². The van der Waals surface area contributed by atoms with Crippen LogP contribution in [0.5, 0.6) is 0 Å². The average molecular weight is 248 g/mol. The normalized spacial score (nSPS) is 9.90. The largest absolute Gasteiger partial charge is 0.238 e. The van der Waals surface area contributed by atoms with Crippen molar-refractivity contribution in [2.45, 2.75) is 20.3 Å². The van der Waals surface area contributed by atoms with Crippen molar-refractivity contribution in [1.29, 1.82) is 0 Å². The van der Waals surface area contributed by atoms with Gasteiger partial charge in [0.05, 0.1) is 0 Å². The van der Waals surface area contributed by atoms with Crippen molar-refractivity contribution in [3.8, 4) is 0 Å². The lowest BCUT2D eigenvalue weighted by molar-refractivity contribution is 0.905. The van der Waals surface area contributed by atoms with Crippen LogP contribution in [0.4, 0.5) is 0 Å². The van der Waals surface area contributed by atoms with Gasteiger partial charge in [0, 0.05) is 12.1 Å². The Morgan fingerprint density at radius 1 is 1.50 bits per heavy atom. The number of hydrogen-bond donors (Lipinski definition) is 0. The molecule has 0 saturated carbocycles. The molecule has 2 nitrogen and oxygen atoms in total. The number of nitrogens with zero attached hydrogens (tertiary/aromatic N) is 2. The van der Waals surface area contributed by atoms with Crippen LogP contribution < -0.4 is 0 Å². The zero-order chi connectivity index (χ0) is 7.56. The van der Waals surface area contributed by atoms with Gasteiger partial charge in [-0.1, -0.05) is 6.92 Å². The molecular weight excluding hydrogens is 239 g/mol. The lowest BCUT2D eigenvalue weighted by Crippen LogP contribution is -1.96. The summed E-state index contributed by atoms with van der Waals surface area (Å²) in [6.45, 7) is 4.05. The Labute approximate surface area is 74.2 Å². The van der Waals surface area contributed by atoms with Crippen LogP contribution in [-0.4, -0.2) is 9.97 Å². The molecule has 0 fully saturated rings. The molecule has 0 atom stereocenters. The Hall–Kier alpha value is -0.190. The lowest BCUT2D eigenvalue weighted by Gasteiger charge is -1.97. The second-order valence-electron chi connectivity index (χ2n) is 2.10. The summed E-state index contributed by atoms with van der Waals surface area (Å²) in [5, 5.41) is 0. The molecule has 1 rings (SSSR count). The minimum Gasteiger partial charge on any atom is -0.238 e. The van der Waals surface area contributed by atoms with E-state index in [2.05, 4.69) is 39.5 Å². The van der Waals surface area contributed by atoms with Crippen molar-refractivity contribution in [3.05, 3.63) is 21.3 Å². The van der Waals surface area contributed by atoms with E-state index in [0.717, 1.165) is 21.6 Å². The molecule has 1 aromatic rings. The van der Waals surface area contributed by atoms with Gasteiger partial charge in [-0.25, -0.2) is 9.97 Å². The highest BCUT2D eigenvalue weighted by Gasteiger charge is 1.95. The van der Waals surface area contributed by atoms with Gasteiger partial charge >= 0.3 is 0 Å². The van der Waals surface area contributed by atoms with Crippen LogP contribution in [0.25, 0.3) is 0 Å². The number of halogens is 1. The monoisotopic (exact) mass is 248 g/mol. The van der Waals surface area contributed by atoms with E-state index >= 15 is 0 Å². The van der Waals surface area contributed by atoms with Crippen molar-refractivity contribution >= 4 is 22.6 Å². The highest BCUT2D eigenvalue weighted by molar-refractivity contribution is 14.1. The summed E-state index contributed by atoms with van der Waals surface area (Å²) in [6.07, 6.45) is 0.914. The van der Waals surface area contributed by atoms with Crippen LogP contribution in [0.15, 0.2) is 6.07 Å². The van der Waals surface area contributed by atoms with E-state index < -0.39 is 0 Å². The zero-order valence-corrected chi connectivity index (χ0v) is 8.21. The van der Waals surface area contributed by atoms with Crippen LogP contribution in [0.1, 0.15) is 18.4 Å². The van der Waals surface area contributed by atoms with Gasteiger partial charge in [0.2, 0.25) is 0 Å². The quantitative estimate of drug-likeness (QED) is 0.560. The summed E-state index contributed by atoms with van der Waals surface area (Å²) >= 11 is 2.20. The fourth-order valence-corrected chi connectivity index (χ4v) is 1.48. The second kappa shape index (κ2) is 3.27. The van der Waals surface area contributed by atoms with E-state index in [1.807, 2.05) is 13.0 Å². The summed E-state index contributed by atoms with van der Waals surface area (Å²) in [6, 6.07) is 1.97. The number of aryl methyl sites for hydroxylation is 2. The molecule has 0 bridgehead atoms. The highest BCUT2D eigenvalue weighted by Crippen LogP contribution is 2.03. The fraction of sp³-hybridized carbons (Fsp3) is 0.429. The first-order valence-corrected chi connectivity index (χ1v) is 4.30. The summed E-state index contributed by atoms with van der Waals surface area (Å²) < 4.78 is 1.03. The van der Waals surface area contributed by atoms with Gasteiger partial charge in [-0.05, 0) is 35.6 Å². The molecular formula is C7H9IN2.